The maximum Gasteiger partial charge on any atom is 0.326 e. The van der Waals surface area contributed by atoms with E-state index in [1.54, 1.807) is 118 Å². The maximum absolute atomic E-state index is 11.7. The Labute approximate surface area is 847 Å². The largest absolute Gasteiger partial charge is 0.468 e. The monoisotopic (exact) mass is 2030 g/mol. The highest BCUT2D eigenvalue weighted by Gasteiger charge is 2.35. The Hall–Kier alpha value is -5.65. The lowest BCUT2D eigenvalue weighted by Gasteiger charge is -2.37. The summed E-state index contributed by atoms with van der Waals surface area (Å²) in [7, 11) is 5.97. The van der Waals surface area contributed by atoms with Crippen molar-refractivity contribution < 1.29 is 142 Å². The fraction of sp³-hybridized carbons (Fsp3) is 0.910. The molecule has 40 heteroatoms. The third-order valence-electron chi connectivity index (χ3n) is 18.3. The zero-order chi connectivity index (χ0) is 113. The van der Waals surface area contributed by atoms with Crippen LogP contribution in [0.5, 0.6) is 0 Å². The van der Waals surface area contributed by atoms with Crippen LogP contribution in [0.4, 0.5) is 0 Å². The molecule has 0 aromatic carbocycles. The predicted octanol–water partition coefficient (Wildman–Crippen LogP) is 5.98. The number of nitrogens with one attached hydrogen (secondary N) is 8. The molecule has 844 valence electrons. The molecule has 0 saturated heterocycles. The Morgan fingerprint density at radius 1 is 0.279 bits per heavy atom. The topological polar surface area (TPSA) is 565 Å². The van der Waals surface area contributed by atoms with Gasteiger partial charge >= 0.3 is 53.7 Å². The molecule has 0 radical (unpaired) electrons. The zero-order valence-electron chi connectivity index (χ0n) is 96.5. The molecule has 0 rings (SSSR count). The third-order valence-corrected chi connectivity index (χ3v) is 18.3. The predicted molar refractivity (Wildman–Crippen MR) is 555 cm³/mol. The number of carbonyl (C=O) groups excluding carboxylic acids is 9. The van der Waals surface area contributed by atoms with Crippen LogP contribution >= 0.6 is 0 Å². The molecule has 0 aliphatic carbocycles. The van der Waals surface area contributed by atoms with E-state index in [2.05, 4.69) is 115 Å². The van der Waals surface area contributed by atoms with E-state index in [4.69, 9.17) is 48.8 Å². The Morgan fingerprint density at radius 3 is 0.736 bits per heavy atom. The van der Waals surface area contributed by atoms with E-state index < -0.39 is 144 Å². The lowest BCUT2D eigenvalue weighted by Crippen LogP contribution is -2.51. The van der Waals surface area contributed by atoms with Gasteiger partial charge in [-0.3, -0.25) is 57.9 Å². The summed E-state index contributed by atoms with van der Waals surface area (Å²) in [5.41, 5.74) is -1.04. The molecule has 0 amide bonds. The van der Waals surface area contributed by atoms with Crippen molar-refractivity contribution in [2.75, 3.05) is 74.6 Å². The van der Waals surface area contributed by atoms with E-state index in [-0.39, 0.29) is 123 Å². The Bertz CT molecular complexity index is 3000. The van der Waals surface area contributed by atoms with Crippen LogP contribution in [0.1, 0.15) is 318 Å². The number of nitrogens with zero attached hydrogens (tertiary/aromatic N) is 3. The first kappa shape index (κ1) is 157. The highest BCUT2D eigenvalue weighted by Crippen LogP contribution is 2.16. The Kier molecular flexibility index (Phi) is 99.4. The number of esters is 9. The van der Waals surface area contributed by atoms with Crippen LogP contribution in [-0.2, 0) is 85.8 Å². The summed E-state index contributed by atoms with van der Waals surface area (Å²) in [5.74, 6) is -3.65. The van der Waals surface area contributed by atoms with Gasteiger partial charge in [0.1, 0.15) is 65.6 Å². The summed E-state index contributed by atoms with van der Waals surface area (Å²) in [6.45, 7) is 86.9. The minimum atomic E-state index is -0.762. The first-order chi connectivity index (χ1) is 63.7. The Balaban J connectivity index is -0.000000145. The number of hydrogen-bond donors (Lipinski definition) is 19. The third kappa shape index (κ3) is 91.1. The minimum Gasteiger partial charge on any atom is -0.468 e. The molecule has 18 atom stereocenters. The van der Waals surface area contributed by atoms with Crippen molar-refractivity contribution in [3.8, 4) is 0 Å². The molecule has 0 spiro atoms. The molecular formula is C100H215N11O29. The smallest absolute Gasteiger partial charge is 0.326 e. The molecule has 0 aromatic heterocycles. The van der Waals surface area contributed by atoms with Crippen molar-refractivity contribution in [1.29, 1.82) is 0 Å². The van der Waals surface area contributed by atoms with E-state index in [0.717, 1.165) is 0 Å². The normalized spacial score (nSPS) is 15.3. The van der Waals surface area contributed by atoms with Crippen LogP contribution in [0.2, 0.25) is 0 Å². The van der Waals surface area contributed by atoms with Gasteiger partial charge in [0.15, 0.2) is 0 Å². The van der Waals surface area contributed by atoms with E-state index >= 15 is 0 Å². The van der Waals surface area contributed by atoms with Crippen molar-refractivity contribution in [3.05, 3.63) is 0 Å². The number of aliphatic hydroxyl groups is 11. The van der Waals surface area contributed by atoms with Crippen molar-refractivity contribution in [2.45, 2.75) is 524 Å². The molecule has 40 nitrogen and oxygen atoms in total. The summed E-state index contributed by atoms with van der Waals surface area (Å²) in [5, 5.41) is 124. The van der Waals surface area contributed by atoms with Gasteiger partial charge in [-0.05, 0) is 214 Å². The molecule has 0 aliphatic heterocycles. The van der Waals surface area contributed by atoms with Gasteiger partial charge in [-0.2, -0.15) is 0 Å². The summed E-state index contributed by atoms with van der Waals surface area (Å²) in [6.07, 6.45) is -4.49. The van der Waals surface area contributed by atoms with Crippen molar-refractivity contribution in [1.82, 2.24) is 57.2 Å². The molecule has 140 heavy (non-hydrogen) atoms. The van der Waals surface area contributed by atoms with E-state index in [9.17, 15) is 78.9 Å². The fourth-order valence-electron chi connectivity index (χ4n) is 11.8. The number of carbonyl (C=O) groups is 9. The lowest BCUT2D eigenvalue weighted by atomic mass is 10.1. The lowest BCUT2D eigenvalue weighted by molar-refractivity contribution is -0.161. The van der Waals surface area contributed by atoms with Crippen LogP contribution in [0.3, 0.4) is 0 Å². The average molecular weight is 2040 g/mol. The van der Waals surface area contributed by atoms with Crippen molar-refractivity contribution >= 4 is 53.7 Å². The SMILES string of the molecule is CC(C)N(C(C)C)[C@H](C)[C@@H](C)O.CC(C)N(C)[C@H](C)[C@@H](C)O.CC(C)N[C@@H](CO)C(=O)OC(C)(C)C.CC(C)N[C@@H](CO)C(=O)OC(C)C.CC(C)N[C@H](C(=O)OC(C)(C)C)[C@@H](C)O.CC(C)N[C@H](C(=O)OC(C)C)[C@@H](C)O.CCN(C(C)C)[C@H](C(=O)OC)[C@@H](C)O.CCOC(=O)[C@@H](NC(C)C)[C@@H](C)O.CCOC(=O)[C@H](CO)NC(C)C.COC(=O)[C@@H](NC(C)C)[C@@H](C)O.COC(=O)[C@H](CO)NC(C)C. The molecular weight excluding hydrogens is 1820 g/mol. The standard InChI is InChI=1S/C11H23NO3.3C10H21NO3.C10H23NO.2C9H19NO3.2C8H17NO3.C8H19NO.C7H15NO3/c1-7(2)12-9(8(3)13)10(14)15-11(4,5)6;1-7(2)11-8(6-12)9(13)14-10(3,4)5;1-6-11(7(2)3)9(8(4)12)10(13)14-5;1-6(2)11-9(8(5)12)10(13)14-7(3)4;1-7(2)11(8(3)4)9(5)10(6)12;1-6(2)10-8(5-11)9(12)13-7(3)4;1-5-13-9(12)8(7(4)11)10-6(2)3;1-5(2)9-7(6(3)10)8(11)12-4;1-4-12-8(11)7(5-10)9-6(2)3;1-6(2)9(5)7(3)8(4)10;1-5(2)8-6(4-9)7(10)11-3/h7-9,12-13H,1-6H3;7-8,11-12H,6H2,1-5H3;7-9,12H,6H2,1-5H3;6-9,11-12H,1-5H3;7-10,12H,1-6H3;2*6-8,10-11H,5H2,1-4H3;5-7,9-10H,1-4H3;6-7,9-10H,4-5H2,1-3H3;6-8,10H,1-5H3;5-6,8-9H,4H2,1-3H3/t8-,9+;8-;2*8-,9+;9-,10-;8-;7-,8+;6-,7+;7-;7-,8-;6-/m10111011010/s1. The van der Waals surface area contributed by atoms with Crippen LogP contribution in [-0.4, -0.2) is 404 Å². The van der Waals surface area contributed by atoms with Gasteiger partial charge in [0, 0.05) is 84.6 Å². The van der Waals surface area contributed by atoms with Crippen LogP contribution in [0.25, 0.3) is 0 Å². The number of rotatable bonds is 48. The molecule has 0 aromatic rings. The van der Waals surface area contributed by atoms with Gasteiger partial charge in [0.05, 0.1) is 116 Å². The van der Waals surface area contributed by atoms with Crippen LogP contribution < -0.4 is 42.5 Å². The second kappa shape index (κ2) is 88.6. The number of likely N-dealkylation sites (N-methyl/N-ethyl adjacent to an activating group) is 2. The summed E-state index contributed by atoms with van der Waals surface area (Å²) >= 11 is 0. The number of ether oxygens (including phenoxy) is 9. The molecule has 0 bridgehead atoms. The van der Waals surface area contributed by atoms with Crippen molar-refractivity contribution in [2.24, 2.45) is 0 Å². The summed E-state index contributed by atoms with van der Waals surface area (Å²) in [4.78, 5) is 108. The molecule has 19 N–H and O–H groups in total. The van der Waals surface area contributed by atoms with E-state index in [0.29, 0.717) is 37.9 Å². The first-order valence-electron chi connectivity index (χ1n) is 49.7. The van der Waals surface area contributed by atoms with E-state index in [1.165, 1.54) is 21.3 Å². The molecule has 0 heterocycles. The second-order valence-electron chi connectivity index (χ2n) is 40.0. The van der Waals surface area contributed by atoms with Crippen LogP contribution in [0.15, 0.2) is 0 Å². The molecule has 0 saturated carbocycles. The molecule has 0 aliphatic rings. The molecule has 0 fully saturated rings. The number of hydrogen-bond acceptors (Lipinski definition) is 40. The second-order valence-corrected chi connectivity index (χ2v) is 40.0. The number of aliphatic hydroxyl groups excluding tert-OH is 11. The highest BCUT2D eigenvalue weighted by atomic mass is 16.6. The Morgan fingerprint density at radius 2 is 0.529 bits per heavy atom. The summed E-state index contributed by atoms with van der Waals surface area (Å²) in [6, 6.07) is -2.21. The van der Waals surface area contributed by atoms with Gasteiger partial charge in [-0.1, -0.05) is 118 Å². The summed E-state index contributed by atoms with van der Waals surface area (Å²) < 4.78 is 43.4. The first-order valence-corrected chi connectivity index (χ1v) is 49.7. The van der Waals surface area contributed by atoms with Gasteiger partial charge < -0.3 is 141 Å². The maximum atomic E-state index is 11.7. The zero-order valence-corrected chi connectivity index (χ0v) is 96.5. The number of methoxy groups -OCH3 is 3. The average Bonchev–Trinajstić information content (AvgIpc) is 0.829. The molecule has 0 unspecified atom stereocenters. The van der Waals surface area contributed by atoms with Gasteiger partial charge in [0.25, 0.3) is 0 Å². The highest BCUT2D eigenvalue weighted by molar-refractivity contribution is 5.80. The van der Waals surface area contributed by atoms with Gasteiger partial charge in [-0.15, -0.1) is 0 Å². The minimum absolute atomic E-state index is 0.122. The van der Waals surface area contributed by atoms with Crippen molar-refractivity contribution in [3.63, 3.8) is 0 Å². The van der Waals surface area contributed by atoms with E-state index in [1.807, 2.05) is 164 Å². The van der Waals surface area contributed by atoms with Crippen LogP contribution in [0, 0.1) is 0 Å². The van der Waals surface area contributed by atoms with Gasteiger partial charge in [-0.25, -0.2) is 0 Å². The quantitative estimate of drug-likeness (QED) is 0.0246. The van der Waals surface area contributed by atoms with Gasteiger partial charge in [0.2, 0.25) is 0 Å². The fourth-order valence-corrected chi connectivity index (χ4v) is 11.8.